The van der Waals surface area contributed by atoms with E-state index in [9.17, 15) is 0 Å². The van der Waals surface area contributed by atoms with Crippen LogP contribution in [0.1, 0.15) is 40.0 Å². The Morgan fingerprint density at radius 3 is 2.47 bits per heavy atom. The zero-order chi connectivity index (χ0) is 11.4. The maximum atomic E-state index is 8.54. The molecular formula is C11H23N3O. The zero-order valence-corrected chi connectivity index (χ0v) is 9.98. The van der Waals surface area contributed by atoms with Gasteiger partial charge in [-0.3, -0.25) is 4.90 Å². The van der Waals surface area contributed by atoms with Gasteiger partial charge < -0.3 is 10.9 Å². The van der Waals surface area contributed by atoms with Gasteiger partial charge in [0.25, 0.3) is 0 Å². The van der Waals surface area contributed by atoms with Crippen LogP contribution in [-0.2, 0) is 0 Å². The highest BCUT2D eigenvalue weighted by molar-refractivity contribution is 5.80. The molecule has 1 atom stereocenters. The second kappa shape index (κ2) is 5.35. The molecule has 0 radical (unpaired) electrons. The lowest BCUT2D eigenvalue weighted by Gasteiger charge is -2.32. The van der Waals surface area contributed by atoms with Crippen LogP contribution >= 0.6 is 0 Å². The predicted molar refractivity (Wildman–Crippen MR) is 62.1 cm³/mol. The quantitative estimate of drug-likeness (QED) is 0.305. The van der Waals surface area contributed by atoms with E-state index in [1.807, 2.05) is 0 Å². The van der Waals surface area contributed by atoms with Crippen molar-refractivity contribution < 1.29 is 5.21 Å². The summed E-state index contributed by atoms with van der Waals surface area (Å²) in [4.78, 5) is 2.44. The summed E-state index contributed by atoms with van der Waals surface area (Å²) in [6.45, 7) is 7.69. The Bertz CT molecular complexity index is 224. The van der Waals surface area contributed by atoms with E-state index in [0.29, 0.717) is 24.3 Å². The molecule has 0 aromatic carbocycles. The number of nitrogens with two attached hydrogens (primary N) is 1. The lowest BCUT2D eigenvalue weighted by molar-refractivity contribution is 0.159. The number of hydrogen-bond donors (Lipinski definition) is 2. The van der Waals surface area contributed by atoms with Crippen LogP contribution in [0.3, 0.4) is 0 Å². The molecule has 1 fully saturated rings. The van der Waals surface area contributed by atoms with Crippen molar-refractivity contribution in [3.05, 3.63) is 0 Å². The van der Waals surface area contributed by atoms with Crippen molar-refractivity contribution in [2.24, 2.45) is 16.8 Å². The summed E-state index contributed by atoms with van der Waals surface area (Å²) >= 11 is 0. The summed E-state index contributed by atoms with van der Waals surface area (Å²) in [6.07, 6.45) is 3.36. The zero-order valence-electron chi connectivity index (χ0n) is 9.98. The van der Waals surface area contributed by atoms with Gasteiger partial charge >= 0.3 is 0 Å². The lowest BCUT2D eigenvalue weighted by Crippen LogP contribution is -2.42. The molecule has 1 aliphatic rings. The van der Waals surface area contributed by atoms with Crippen LogP contribution < -0.4 is 5.73 Å². The topological polar surface area (TPSA) is 61.8 Å². The fourth-order valence-electron chi connectivity index (χ4n) is 1.96. The Labute approximate surface area is 92.1 Å². The third-order valence-electron chi connectivity index (χ3n) is 3.03. The van der Waals surface area contributed by atoms with Gasteiger partial charge in [0.05, 0.1) is 0 Å². The number of rotatable bonds is 6. The molecule has 0 aromatic rings. The first kappa shape index (κ1) is 12.3. The fraction of sp³-hybridized carbons (Fsp3) is 0.909. The molecule has 1 saturated carbocycles. The number of oxime groups is 1. The summed E-state index contributed by atoms with van der Waals surface area (Å²) < 4.78 is 0. The number of amidine groups is 1. The smallest absolute Gasteiger partial charge is 0.140 e. The Balaban J connectivity index is 2.45. The third-order valence-corrected chi connectivity index (χ3v) is 3.03. The second-order valence-corrected chi connectivity index (χ2v) is 4.88. The van der Waals surface area contributed by atoms with E-state index in [0.717, 1.165) is 12.5 Å². The van der Waals surface area contributed by atoms with Crippen molar-refractivity contribution in [2.75, 3.05) is 6.54 Å². The Morgan fingerprint density at radius 1 is 1.47 bits per heavy atom. The molecule has 0 spiro atoms. The highest BCUT2D eigenvalue weighted by Gasteiger charge is 2.28. The maximum Gasteiger partial charge on any atom is 0.140 e. The Kier molecular flexibility index (Phi) is 4.39. The van der Waals surface area contributed by atoms with Crippen molar-refractivity contribution in [1.82, 2.24) is 4.90 Å². The van der Waals surface area contributed by atoms with E-state index < -0.39 is 0 Å². The molecule has 0 heterocycles. The van der Waals surface area contributed by atoms with Gasteiger partial charge in [0, 0.05) is 25.0 Å². The van der Waals surface area contributed by atoms with Gasteiger partial charge in [-0.25, -0.2) is 0 Å². The molecule has 1 rings (SSSR count). The minimum absolute atomic E-state index is 0.323. The van der Waals surface area contributed by atoms with Gasteiger partial charge in [0.15, 0.2) is 0 Å². The van der Waals surface area contributed by atoms with Crippen LogP contribution in [0.25, 0.3) is 0 Å². The monoisotopic (exact) mass is 213 g/mol. The van der Waals surface area contributed by atoms with Gasteiger partial charge in [0.1, 0.15) is 5.84 Å². The molecule has 0 saturated heterocycles. The van der Waals surface area contributed by atoms with Crippen LogP contribution in [0, 0.1) is 5.92 Å². The molecule has 4 nitrogen and oxygen atoms in total. The molecule has 3 N–H and O–H groups in total. The van der Waals surface area contributed by atoms with Crippen molar-refractivity contribution in [3.63, 3.8) is 0 Å². The molecule has 88 valence electrons. The largest absolute Gasteiger partial charge is 0.409 e. The SMILES string of the molecule is CC(C)N(CC1CC1)C(C)CC(N)=NO. The maximum absolute atomic E-state index is 8.54. The van der Waals surface area contributed by atoms with E-state index >= 15 is 0 Å². The van der Waals surface area contributed by atoms with E-state index in [2.05, 4.69) is 30.8 Å². The molecule has 4 heteroatoms. The first-order valence-corrected chi connectivity index (χ1v) is 5.76. The third kappa shape index (κ3) is 4.08. The molecule has 15 heavy (non-hydrogen) atoms. The molecule has 1 aliphatic carbocycles. The minimum atomic E-state index is 0.323. The lowest BCUT2D eigenvalue weighted by atomic mass is 10.1. The highest BCUT2D eigenvalue weighted by Crippen LogP contribution is 2.31. The van der Waals surface area contributed by atoms with Gasteiger partial charge in [-0.2, -0.15) is 0 Å². The average Bonchev–Trinajstić information content (AvgIpc) is 2.96. The predicted octanol–water partition coefficient (Wildman–Crippen LogP) is 1.63. The molecule has 0 amide bonds. The molecule has 1 unspecified atom stereocenters. The second-order valence-electron chi connectivity index (χ2n) is 4.88. The Morgan fingerprint density at radius 2 is 2.07 bits per heavy atom. The van der Waals surface area contributed by atoms with Gasteiger partial charge in [-0.15, -0.1) is 0 Å². The van der Waals surface area contributed by atoms with Crippen LogP contribution in [0.5, 0.6) is 0 Å². The van der Waals surface area contributed by atoms with Gasteiger partial charge in [-0.05, 0) is 39.5 Å². The van der Waals surface area contributed by atoms with E-state index in [1.54, 1.807) is 0 Å². The molecule has 0 bridgehead atoms. The summed E-state index contributed by atoms with van der Waals surface area (Å²) in [5, 5.41) is 11.6. The van der Waals surface area contributed by atoms with Crippen LogP contribution in [0.4, 0.5) is 0 Å². The van der Waals surface area contributed by atoms with Crippen LogP contribution in [-0.4, -0.2) is 34.6 Å². The summed E-state index contributed by atoms with van der Waals surface area (Å²) in [5.74, 6) is 1.20. The normalized spacial score (nSPS) is 19.9. The summed E-state index contributed by atoms with van der Waals surface area (Å²) in [7, 11) is 0. The molecule has 0 aromatic heterocycles. The first-order valence-electron chi connectivity index (χ1n) is 5.76. The van der Waals surface area contributed by atoms with Gasteiger partial charge in [-0.1, -0.05) is 5.16 Å². The summed E-state index contributed by atoms with van der Waals surface area (Å²) in [6, 6.07) is 0.869. The first-order chi connectivity index (χ1) is 7.04. The van der Waals surface area contributed by atoms with Crippen LogP contribution in [0.15, 0.2) is 5.16 Å². The van der Waals surface area contributed by atoms with Crippen molar-refractivity contribution >= 4 is 5.84 Å². The fourth-order valence-corrected chi connectivity index (χ4v) is 1.96. The highest BCUT2D eigenvalue weighted by atomic mass is 16.4. The Hall–Kier alpha value is -0.770. The van der Waals surface area contributed by atoms with E-state index in [-0.39, 0.29) is 0 Å². The average molecular weight is 213 g/mol. The van der Waals surface area contributed by atoms with E-state index in [1.165, 1.54) is 12.8 Å². The standard InChI is InChI=1S/C11H23N3O/c1-8(2)14(7-10-4-5-10)9(3)6-11(12)13-15/h8-10,15H,4-7H2,1-3H3,(H2,12,13). The van der Waals surface area contributed by atoms with Crippen molar-refractivity contribution in [3.8, 4) is 0 Å². The van der Waals surface area contributed by atoms with Crippen molar-refractivity contribution in [2.45, 2.75) is 52.1 Å². The number of nitrogens with zero attached hydrogens (tertiary/aromatic N) is 2. The van der Waals surface area contributed by atoms with Crippen molar-refractivity contribution in [1.29, 1.82) is 0 Å². The minimum Gasteiger partial charge on any atom is -0.409 e. The number of hydrogen-bond acceptors (Lipinski definition) is 3. The summed E-state index contributed by atoms with van der Waals surface area (Å²) in [5.41, 5.74) is 5.53. The van der Waals surface area contributed by atoms with Gasteiger partial charge in [0.2, 0.25) is 0 Å². The molecular weight excluding hydrogens is 190 g/mol. The van der Waals surface area contributed by atoms with Crippen LogP contribution in [0.2, 0.25) is 0 Å². The van der Waals surface area contributed by atoms with E-state index in [4.69, 9.17) is 10.9 Å². The molecule has 0 aliphatic heterocycles.